The molecule has 0 saturated heterocycles. The van der Waals surface area contributed by atoms with Crippen molar-refractivity contribution in [1.29, 1.82) is 0 Å². The Kier molecular flexibility index (Phi) is 3.59. The Hall–Kier alpha value is -0.0900. The molecule has 16 heavy (non-hydrogen) atoms. The number of hydrogen-bond donors (Lipinski definition) is 3. The molecule has 1 aromatic carbocycles. The third-order valence-corrected chi connectivity index (χ3v) is 4.62. The van der Waals surface area contributed by atoms with Crippen molar-refractivity contribution in [1.82, 2.24) is 5.32 Å². The zero-order valence-corrected chi connectivity index (χ0v) is 12.4. The van der Waals surface area contributed by atoms with Gasteiger partial charge in [-0.25, -0.2) is 0 Å². The number of carboxylic acid groups (broad SMARTS) is 1. The van der Waals surface area contributed by atoms with Crippen LogP contribution in [0.5, 0.6) is 5.75 Å². The van der Waals surface area contributed by atoms with E-state index >= 15 is 0 Å². The van der Waals surface area contributed by atoms with Crippen molar-refractivity contribution in [2.24, 2.45) is 0 Å². The second kappa shape index (κ2) is 4.65. The summed E-state index contributed by atoms with van der Waals surface area (Å²) in [7, 11) is 0. The van der Waals surface area contributed by atoms with E-state index in [0.717, 1.165) is 18.3 Å². The molecule has 1 atom stereocenters. The molecule has 1 aromatic rings. The summed E-state index contributed by atoms with van der Waals surface area (Å²) in [5.41, 5.74) is 2.02. The second-order valence-corrected chi connectivity index (χ2v) is 5.88. The monoisotopic (exact) mass is 445 g/mol. The topological polar surface area (TPSA) is 69.6 Å². The minimum absolute atomic E-state index is 0.288. The van der Waals surface area contributed by atoms with Gasteiger partial charge in [-0.15, -0.1) is 0 Å². The molecule has 0 aliphatic carbocycles. The number of phenols is 1. The lowest BCUT2D eigenvalue weighted by Gasteiger charge is -2.24. The lowest BCUT2D eigenvalue weighted by molar-refractivity contribution is -0.139. The number of aliphatic carboxylic acids is 1. The van der Waals surface area contributed by atoms with Crippen LogP contribution in [-0.2, 0) is 17.8 Å². The van der Waals surface area contributed by atoms with Gasteiger partial charge in [-0.2, -0.15) is 0 Å². The predicted molar refractivity (Wildman–Crippen MR) is 75.5 cm³/mol. The molecule has 0 fully saturated rings. The fourth-order valence-corrected chi connectivity index (χ4v) is 3.75. The highest BCUT2D eigenvalue weighted by atomic mass is 127. The SMILES string of the molecule is O=C(O)C1Cc2cc(I)c(O)c(I)c2CN1. The molecule has 3 N–H and O–H groups in total. The summed E-state index contributed by atoms with van der Waals surface area (Å²) in [4.78, 5) is 10.9. The van der Waals surface area contributed by atoms with E-state index in [9.17, 15) is 9.90 Å². The van der Waals surface area contributed by atoms with Crippen molar-refractivity contribution >= 4 is 51.2 Å². The molecule has 0 spiro atoms. The van der Waals surface area contributed by atoms with Crippen LogP contribution in [0.2, 0.25) is 0 Å². The number of nitrogens with one attached hydrogen (secondary N) is 1. The van der Waals surface area contributed by atoms with Crippen LogP contribution < -0.4 is 5.32 Å². The molecule has 86 valence electrons. The minimum Gasteiger partial charge on any atom is -0.506 e. The van der Waals surface area contributed by atoms with Crippen LogP contribution in [0.15, 0.2) is 6.07 Å². The molecule has 0 saturated carbocycles. The van der Waals surface area contributed by atoms with Gasteiger partial charge in [-0.05, 0) is 68.8 Å². The zero-order valence-electron chi connectivity index (χ0n) is 8.13. The number of carboxylic acids is 1. The van der Waals surface area contributed by atoms with Gasteiger partial charge < -0.3 is 10.2 Å². The van der Waals surface area contributed by atoms with Crippen LogP contribution >= 0.6 is 45.2 Å². The van der Waals surface area contributed by atoms with Crippen molar-refractivity contribution in [3.63, 3.8) is 0 Å². The average molecular weight is 445 g/mol. The standard InChI is InChI=1S/C10H9I2NO3/c11-6-1-4-2-7(10(15)16)13-3-5(4)8(12)9(6)14/h1,7,13-14H,2-3H2,(H,15,16). The molecule has 0 amide bonds. The molecular weight excluding hydrogens is 436 g/mol. The maximum Gasteiger partial charge on any atom is 0.321 e. The lowest BCUT2D eigenvalue weighted by Crippen LogP contribution is -2.42. The first kappa shape index (κ1) is 12.4. The summed E-state index contributed by atoms with van der Waals surface area (Å²) in [6.45, 7) is 0.495. The van der Waals surface area contributed by atoms with Gasteiger partial charge in [-0.1, -0.05) is 0 Å². The fraction of sp³-hybridized carbons (Fsp3) is 0.300. The van der Waals surface area contributed by atoms with E-state index in [0.29, 0.717) is 13.0 Å². The molecule has 6 heteroatoms. The summed E-state index contributed by atoms with van der Waals surface area (Å²) in [6, 6.07) is 1.34. The second-order valence-electron chi connectivity index (χ2n) is 3.63. The number of benzene rings is 1. The minimum atomic E-state index is -0.830. The molecule has 1 unspecified atom stereocenters. The van der Waals surface area contributed by atoms with Gasteiger partial charge in [0.15, 0.2) is 0 Å². The number of carbonyl (C=O) groups is 1. The van der Waals surface area contributed by atoms with Crippen LogP contribution in [0.25, 0.3) is 0 Å². The van der Waals surface area contributed by atoms with Crippen molar-refractivity contribution in [2.75, 3.05) is 0 Å². The Morgan fingerprint density at radius 2 is 2.19 bits per heavy atom. The van der Waals surface area contributed by atoms with Gasteiger partial charge in [0, 0.05) is 6.54 Å². The van der Waals surface area contributed by atoms with E-state index in [1.165, 1.54) is 0 Å². The molecule has 0 bridgehead atoms. The van der Waals surface area contributed by atoms with Gasteiger partial charge in [0.25, 0.3) is 0 Å². The van der Waals surface area contributed by atoms with Gasteiger partial charge >= 0.3 is 5.97 Å². The molecule has 0 radical (unpaired) electrons. The first-order valence-electron chi connectivity index (χ1n) is 4.65. The van der Waals surface area contributed by atoms with Crippen LogP contribution in [0.4, 0.5) is 0 Å². The van der Waals surface area contributed by atoms with Crippen LogP contribution in [0, 0.1) is 7.14 Å². The Morgan fingerprint density at radius 3 is 2.81 bits per heavy atom. The van der Waals surface area contributed by atoms with Gasteiger partial charge in [0.2, 0.25) is 0 Å². The van der Waals surface area contributed by atoms with Crippen molar-refractivity contribution in [2.45, 2.75) is 19.0 Å². The Morgan fingerprint density at radius 1 is 1.50 bits per heavy atom. The number of aromatic hydroxyl groups is 1. The Bertz CT molecular complexity index is 462. The Balaban J connectivity index is 2.44. The van der Waals surface area contributed by atoms with E-state index in [1.54, 1.807) is 0 Å². The molecule has 1 aliphatic heterocycles. The number of phenolic OH excluding ortho intramolecular Hbond substituents is 1. The van der Waals surface area contributed by atoms with E-state index in [-0.39, 0.29) is 5.75 Å². The summed E-state index contributed by atoms with van der Waals surface area (Å²) < 4.78 is 1.59. The first-order valence-corrected chi connectivity index (χ1v) is 6.81. The highest BCUT2D eigenvalue weighted by Crippen LogP contribution is 2.33. The quantitative estimate of drug-likeness (QED) is 0.577. The van der Waals surface area contributed by atoms with Crippen molar-refractivity contribution < 1.29 is 15.0 Å². The predicted octanol–water partition coefficient (Wildman–Crippen LogP) is 1.70. The van der Waals surface area contributed by atoms with Crippen LogP contribution in [0.3, 0.4) is 0 Å². The summed E-state index contributed by atoms with van der Waals surface area (Å²) in [6.07, 6.45) is 0.469. The maximum absolute atomic E-state index is 10.9. The normalized spacial score (nSPS) is 19.2. The number of hydrogen-bond acceptors (Lipinski definition) is 3. The largest absolute Gasteiger partial charge is 0.506 e. The van der Waals surface area contributed by atoms with E-state index < -0.39 is 12.0 Å². The highest BCUT2D eigenvalue weighted by molar-refractivity contribution is 14.1. The molecule has 0 aromatic heterocycles. The third-order valence-electron chi connectivity index (χ3n) is 2.64. The Labute approximate surface area is 120 Å². The zero-order chi connectivity index (χ0) is 11.9. The first-order chi connectivity index (χ1) is 7.50. The van der Waals surface area contributed by atoms with Crippen LogP contribution in [-0.4, -0.2) is 22.2 Å². The van der Waals surface area contributed by atoms with Crippen molar-refractivity contribution in [3.8, 4) is 5.75 Å². The summed E-state index contributed by atoms with van der Waals surface area (Å²) in [5, 5.41) is 21.7. The molecular formula is C10H9I2NO3. The van der Waals surface area contributed by atoms with E-state index in [2.05, 4.69) is 50.5 Å². The lowest BCUT2D eigenvalue weighted by atomic mass is 9.96. The van der Waals surface area contributed by atoms with Gasteiger partial charge in [0.05, 0.1) is 7.14 Å². The highest BCUT2D eigenvalue weighted by Gasteiger charge is 2.26. The smallest absolute Gasteiger partial charge is 0.321 e. The molecule has 1 heterocycles. The van der Waals surface area contributed by atoms with Gasteiger partial charge in [0.1, 0.15) is 11.8 Å². The summed E-state index contributed by atoms with van der Waals surface area (Å²) in [5.74, 6) is -0.542. The van der Waals surface area contributed by atoms with E-state index in [4.69, 9.17) is 5.11 Å². The number of fused-ring (bicyclic) bond motifs is 1. The van der Waals surface area contributed by atoms with Gasteiger partial charge in [-0.3, -0.25) is 10.1 Å². The summed E-state index contributed by atoms with van der Waals surface area (Å²) >= 11 is 4.15. The number of halogens is 2. The average Bonchev–Trinajstić information content (AvgIpc) is 2.25. The molecule has 4 nitrogen and oxygen atoms in total. The third kappa shape index (κ3) is 2.14. The number of rotatable bonds is 1. The molecule has 1 aliphatic rings. The van der Waals surface area contributed by atoms with E-state index in [1.807, 2.05) is 6.07 Å². The fourth-order valence-electron chi connectivity index (χ4n) is 1.76. The molecule has 2 rings (SSSR count). The van der Waals surface area contributed by atoms with Crippen molar-refractivity contribution in [3.05, 3.63) is 24.3 Å². The van der Waals surface area contributed by atoms with Crippen LogP contribution in [0.1, 0.15) is 11.1 Å². The maximum atomic E-state index is 10.9.